The van der Waals surface area contributed by atoms with E-state index in [0.717, 1.165) is 42.4 Å². The Balaban J connectivity index is 1.26. The van der Waals surface area contributed by atoms with Crippen molar-refractivity contribution < 1.29 is 9.13 Å². The summed E-state index contributed by atoms with van der Waals surface area (Å²) in [7, 11) is 0. The van der Waals surface area contributed by atoms with Gasteiger partial charge in [-0.05, 0) is 111 Å². The molecule has 2 heteroatoms. The number of halogens is 1. The molecule has 0 spiro atoms. The van der Waals surface area contributed by atoms with E-state index >= 15 is 0 Å². The zero-order chi connectivity index (χ0) is 23.0. The molecule has 0 amide bonds. The minimum Gasteiger partial charge on any atom is -0.486 e. The van der Waals surface area contributed by atoms with E-state index in [1.165, 1.54) is 94.6 Å². The summed E-state index contributed by atoms with van der Waals surface area (Å²) in [6.45, 7) is 4.71. The second-order valence-electron chi connectivity index (χ2n) is 11.4. The Kier molecular flexibility index (Phi) is 9.33. The zero-order valence-corrected chi connectivity index (χ0v) is 21.3. The fraction of sp³-hybridized carbons (Fsp3) is 0.742. The monoisotopic (exact) mass is 454 g/mol. The number of hydrogen-bond acceptors (Lipinski definition) is 1. The molecule has 1 aromatic carbocycles. The van der Waals surface area contributed by atoms with Gasteiger partial charge in [-0.15, -0.1) is 0 Å². The smallest absolute Gasteiger partial charge is 0.165 e. The minimum atomic E-state index is -0.185. The topological polar surface area (TPSA) is 9.23 Å². The molecule has 2 saturated carbocycles. The van der Waals surface area contributed by atoms with Crippen molar-refractivity contribution in [2.45, 2.75) is 110 Å². The third-order valence-corrected chi connectivity index (χ3v) is 9.24. The number of rotatable bonds is 10. The lowest BCUT2D eigenvalue weighted by Crippen LogP contribution is -2.35. The van der Waals surface area contributed by atoms with Crippen molar-refractivity contribution in [1.82, 2.24) is 0 Å². The Morgan fingerprint density at radius 2 is 1.64 bits per heavy atom. The molecule has 0 aliphatic heterocycles. The second kappa shape index (κ2) is 12.4. The number of allylic oxidation sites excluding steroid dienone is 1. The van der Waals surface area contributed by atoms with Crippen LogP contribution in [-0.2, 0) is 12.8 Å². The van der Waals surface area contributed by atoms with Crippen molar-refractivity contribution in [3.63, 3.8) is 0 Å². The van der Waals surface area contributed by atoms with Crippen LogP contribution in [0, 0.1) is 35.4 Å². The summed E-state index contributed by atoms with van der Waals surface area (Å²) >= 11 is 0. The Labute approximate surface area is 202 Å². The highest BCUT2D eigenvalue weighted by molar-refractivity contribution is 5.39. The SMILES string of the molecule is C/C=C/COc1cc2c(cc1F)CC(C1CCC3CC(CCCCCCC)CCC3C1)CC2. The van der Waals surface area contributed by atoms with Crippen LogP contribution in [0.4, 0.5) is 4.39 Å². The predicted octanol–water partition coefficient (Wildman–Crippen LogP) is 9.08. The molecule has 5 atom stereocenters. The predicted molar refractivity (Wildman–Crippen MR) is 137 cm³/mol. The Morgan fingerprint density at radius 1 is 0.879 bits per heavy atom. The summed E-state index contributed by atoms with van der Waals surface area (Å²) < 4.78 is 20.3. The van der Waals surface area contributed by atoms with E-state index in [-0.39, 0.29) is 5.82 Å². The molecule has 0 radical (unpaired) electrons. The van der Waals surface area contributed by atoms with Crippen LogP contribution in [-0.4, -0.2) is 6.61 Å². The fourth-order valence-corrected chi connectivity index (χ4v) is 7.28. The van der Waals surface area contributed by atoms with Gasteiger partial charge in [0, 0.05) is 0 Å². The van der Waals surface area contributed by atoms with Crippen LogP contribution < -0.4 is 4.74 Å². The largest absolute Gasteiger partial charge is 0.486 e. The Hall–Kier alpha value is -1.31. The summed E-state index contributed by atoms with van der Waals surface area (Å²) in [5.74, 6) is 4.84. The minimum absolute atomic E-state index is 0.185. The van der Waals surface area contributed by atoms with Gasteiger partial charge in [-0.1, -0.05) is 64.0 Å². The average Bonchev–Trinajstić information content (AvgIpc) is 2.83. The van der Waals surface area contributed by atoms with Crippen LogP contribution in [0.15, 0.2) is 24.3 Å². The maximum Gasteiger partial charge on any atom is 0.165 e. The van der Waals surface area contributed by atoms with Crippen molar-refractivity contribution >= 4 is 0 Å². The van der Waals surface area contributed by atoms with Crippen LogP contribution in [0.3, 0.4) is 0 Å². The van der Waals surface area contributed by atoms with Crippen molar-refractivity contribution in [3.05, 3.63) is 41.2 Å². The average molecular weight is 455 g/mol. The van der Waals surface area contributed by atoms with Gasteiger partial charge in [0.1, 0.15) is 6.61 Å². The lowest BCUT2D eigenvalue weighted by Gasteiger charge is -2.45. The van der Waals surface area contributed by atoms with Gasteiger partial charge in [-0.25, -0.2) is 4.39 Å². The van der Waals surface area contributed by atoms with Gasteiger partial charge in [-0.2, -0.15) is 0 Å². The summed E-state index contributed by atoms with van der Waals surface area (Å²) in [6, 6.07) is 3.76. The molecular weight excluding hydrogens is 407 g/mol. The molecule has 0 bridgehead atoms. The molecule has 3 aliphatic carbocycles. The van der Waals surface area contributed by atoms with E-state index in [9.17, 15) is 4.39 Å². The van der Waals surface area contributed by atoms with Crippen molar-refractivity contribution in [2.75, 3.05) is 6.61 Å². The third-order valence-electron chi connectivity index (χ3n) is 9.24. The first-order chi connectivity index (χ1) is 16.2. The normalized spacial score (nSPS) is 29.6. The van der Waals surface area contributed by atoms with Crippen LogP contribution in [0.5, 0.6) is 5.75 Å². The van der Waals surface area contributed by atoms with Crippen LogP contribution >= 0.6 is 0 Å². The maximum atomic E-state index is 14.6. The molecular formula is C31H47FO. The van der Waals surface area contributed by atoms with E-state index < -0.39 is 0 Å². The van der Waals surface area contributed by atoms with Gasteiger partial charge in [0.05, 0.1) is 0 Å². The van der Waals surface area contributed by atoms with Crippen molar-refractivity contribution in [1.29, 1.82) is 0 Å². The molecule has 184 valence electrons. The summed E-state index contributed by atoms with van der Waals surface area (Å²) in [5.41, 5.74) is 2.56. The number of aryl methyl sites for hydroxylation is 1. The molecule has 4 rings (SSSR count). The van der Waals surface area contributed by atoms with Gasteiger partial charge in [0.25, 0.3) is 0 Å². The molecule has 0 heterocycles. The number of unbranched alkanes of at least 4 members (excludes halogenated alkanes) is 4. The highest BCUT2D eigenvalue weighted by atomic mass is 19.1. The first-order valence-corrected chi connectivity index (χ1v) is 14.2. The van der Waals surface area contributed by atoms with E-state index in [0.29, 0.717) is 12.4 Å². The van der Waals surface area contributed by atoms with Crippen molar-refractivity contribution in [3.8, 4) is 5.75 Å². The van der Waals surface area contributed by atoms with Gasteiger partial charge in [0.15, 0.2) is 11.6 Å². The number of hydrogen-bond donors (Lipinski definition) is 0. The molecule has 0 N–H and O–H groups in total. The molecule has 5 unspecified atom stereocenters. The molecule has 1 aromatic rings. The van der Waals surface area contributed by atoms with E-state index in [1.54, 1.807) is 6.07 Å². The summed E-state index contributed by atoms with van der Waals surface area (Å²) in [4.78, 5) is 0. The number of fused-ring (bicyclic) bond motifs is 2. The van der Waals surface area contributed by atoms with Crippen molar-refractivity contribution in [2.24, 2.45) is 29.6 Å². The first kappa shape index (κ1) is 24.8. The van der Waals surface area contributed by atoms with Gasteiger partial charge in [0.2, 0.25) is 0 Å². The molecule has 1 nitrogen and oxygen atoms in total. The van der Waals surface area contributed by atoms with Gasteiger partial charge < -0.3 is 4.74 Å². The molecule has 0 saturated heterocycles. The quantitative estimate of drug-likeness (QED) is 0.253. The first-order valence-electron chi connectivity index (χ1n) is 14.2. The Bertz CT molecular complexity index is 768. The van der Waals surface area contributed by atoms with E-state index in [4.69, 9.17) is 4.74 Å². The van der Waals surface area contributed by atoms with Gasteiger partial charge in [-0.3, -0.25) is 0 Å². The lowest BCUT2D eigenvalue weighted by molar-refractivity contribution is 0.0689. The molecule has 33 heavy (non-hydrogen) atoms. The third kappa shape index (κ3) is 6.64. The summed E-state index contributed by atoms with van der Waals surface area (Å²) in [5, 5.41) is 0. The highest BCUT2D eigenvalue weighted by Gasteiger charge is 2.38. The highest BCUT2D eigenvalue weighted by Crippen LogP contribution is 2.49. The number of ether oxygens (including phenoxy) is 1. The second-order valence-corrected chi connectivity index (χ2v) is 11.4. The van der Waals surface area contributed by atoms with Crippen LogP contribution in [0.2, 0.25) is 0 Å². The standard InChI is InChI=1S/C31H47FO/c1-3-5-7-8-9-10-23-11-12-25-19-26(14-13-24(25)18-23)27-15-16-28-22-31(33-17-6-4-2)30(32)21-29(28)20-27/h4,6,21-27H,3,5,7-20H2,1-2H3/b6-4+. The van der Waals surface area contributed by atoms with E-state index in [2.05, 4.69) is 6.92 Å². The lowest BCUT2D eigenvalue weighted by atomic mass is 9.61. The maximum absolute atomic E-state index is 14.6. The molecule has 0 aromatic heterocycles. The number of benzene rings is 1. The molecule has 2 fully saturated rings. The molecule has 3 aliphatic rings. The van der Waals surface area contributed by atoms with E-state index in [1.807, 2.05) is 25.1 Å². The fourth-order valence-electron chi connectivity index (χ4n) is 7.28. The van der Waals surface area contributed by atoms with Gasteiger partial charge >= 0.3 is 0 Å². The summed E-state index contributed by atoms with van der Waals surface area (Å²) in [6.07, 6.45) is 24.7. The Morgan fingerprint density at radius 3 is 2.45 bits per heavy atom. The zero-order valence-electron chi connectivity index (χ0n) is 21.3. The van der Waals surface area contributed by atoms with Crippen LogP contribution in [0.25, 0.3) is 0 Å². The van der Waals surface area contributed by atoms with Crippen LogP contribution in [0.1, 0.15) is 108 Å².